The van der Waals surface area contributed by atoms with Crippen LogP contribution in [0.1, 0.15) is 30.5 Å². The summed E-state index contributed by atoms with van der Waals surface area (Å²) < 4.78 is 11.4. The zero-order valence-corrected chi connectivity index (χ0v) is 18.3. The van der Waals surface area contributed by atoms with E-state index in [9.17, 15) is 0 Å². The summed E-state index contributed by atoms with van der Waals surface area (Å²) in [5, 5.41) is 3.15. The molecule has 0 saturated heterocycles. The molecular formula is C23H34N4O2. The first-order valence-electron chi connectivity index (χ1n) is 10.1. The maximum Gasteiger partial charge on any atom is 0.193 e. The maximum absolute atomic E-state index is 6.05. The average molecular weight is 399 g/mol. The standard InChI is InChI=1S/C23H34N4O2/c1-6-27(7-2)10-11-29-21-9-8-19(15-22(21)28-5)16-25-23(24)26-20-13-17(3)12-18(4)14-20/h8-9,12-15H,6-7,10-11,16H2,1-5H3,(H3,24,25,26). The molecule has 0 spiro atoms. The molecule has 0 heterocycles. The number of nitrogens with one attached hydrogen (secondary N) is 1. The van der Waals surface area contributed by atoms with Gasteiger partial charge in [-0.05, 0) is 67.9 Å². The molecule has 2 aromatic carbocycles. The Morgan fingerprint density at radius 2 is 1.72 bits per heavy atom. The number of aliphatic imine (C=N–C) groups is 1. The zero-order valence-electron chi connectivity index (χ0n) is 18.3. The molecular weight excluding hydrogens is 364 g/mol. The molecule has 0 aliphatic heterocycles. The fourth-order valence-electron chi connectivity index (χ4n) is 3.16. The van der Waals surface area contributed by atoms with Gasteiger partial charge in [-0.3, -0.25) is 0 Å². The Hall–Kier alpha value is -2.73. The lowest BCUT2D eigenvalue weighted by molar-refractivity contribution is 0.217. The molecule has 0 amide bonds. The lowest BCUT2D eigenvalue weighted by Gasteiger charge is -2.18. The summed E-state index contributed by atoms with van der Waals surface area (Å²) in [5.41, 5.74) is 10.4. The van der Waals surface area contributed by atoms with Crippen LogP contribution < -0.4 is 20.5 Å². The fourth-order valence-corrected chi connectivity index (χ4v) is 3.16. The third-order valence-corrected chi connectivity index (χ3v) is 4.71. The predicted octanol–water partition coefficient (Wildman–Crippen LogP) is 3.96. The van der Waals surface area contributed by atoms with Crippen molar-refractivity contribution in [1.29, 1.82) is 0 Å². The number of methoxy groups -OCH3 is 1. The van der Waals surface area contributed by atoms with Gasteiger partial charge in [0.05, 0.1) is 13.7 Å². The van der Waals surface area contributed by atoms with Crippen molar-refractivity contribution in [2.24, 2.45) is 10.7 Å². The van der Waals surface area contributed by atoms with Crippen molar-refractivity contribution in [3.63, 3.8) is 0 Å². The average Bonchev–Trinajstić information content (AvgIpc) is 2.69. The molecule has 6 nitrogen and oxygen atoms in total. The van der Waals surface area contributed by atoms with E-state index < -0.39 is 0 Å². The molecule has 0 aliphatic carbocycles. The van der Waals surface area contributed by atoms with Crippen LogP contribution in [0, 0.1) is 13.8 Å². The number of hydrogen-bond acceptors (Lipinski definition) is 4. The van der Waals surface area contributed by atoms with Gasteiger partial charge in [-0.1, -0.05) is 26.0 Å². The van der Waals surface area contributed by atoms with Crippen LogP contribution in [-0.2, 0) is 6.54 Å². The second-order valence-corrected chi connectivity index (χ2v) is 7.06. The minimum atomic E-state index is 0.383. The second kappa shape index (κ2) is 11.3. The van der Waals surface area contributed by atoms with E-state index in [1.807, 2.05) is 30.3 Å². The van der Waals surface area contributed by atoms with E-state index in [0.717, 1.165) is 36.6 Å². The van der Waals surface area contributed by atoms with Crippen LogP contribution >= 0.6 is 0 Å². The summed E-state index contributed by atoms with van der Waals surface area (Å²) in [5.74, 6) is 1.83. The number of ether oxygens (including phenoxy) is 2. The molecule has 0 aliphatic rings. The van der Waals surface area contributed by atoms with Gasteiger partial charge in [-0.15, -0.1) is 0 Å². The number of nitrogens with zero attached hydrogens (tertiary/aromatic N) is 2. The normalized spacial score (nSPS) is 11.6. The van der Waals surface area contributed by atoms with Crippen molar-refractivity contribution >= 4 is 11.6 Å². The van der Waals surface area contributed by atoms with Gasteiger partial charge in [0.2, 0.25) is 0 Å². The molecule has 2 rings (SSSR count). The Kier molecular flexibility index (Phi) is 8.80. The number of benzene rings is 2. The van der Waals surface area contributed by atoms with Crippen molar-refractivity contribution in [2.45, 2.75) is 34.2 Å². The first kappa shape index (κ1) is 22.6. The lowest BCUT2D eigenvalue weighted by Crippen LogP contribution is -2.27. The van der Waals surface area contributed by atoms with Gasteiger partial charge in [0.25, 0.3) is 0 Å². The quantitative estimate of drug-likeness (QED) is 0.468. The summed E-state index contributed by atoms with van der Waals surface area (Å²) in [7, 11) is 1.65. The molecule has 6 heteroatoms. The third kappa shape index (κ3) is 7.31. The summed E-state index contributed by atoms with van der Waals surface area (Å²) in [6, 6.07) is 12.1. The summed E-state index contributed by atoms with van der Waals surface area (Å²) in [6.45, 7) is 12.4. The van der Waals surface area contributed by atoms with Crippen LogP contribution in [0.2, 0.25) is 0 Å². The SMILES string of the molecule is CCN(CC)CCOc1ccc(CN=C(N)Nc2cc(C)cc(C)c2)cc1OC. The minimum Gasteiger partial charge on any atom is -0.493 e. The van der Waals surface area contributed by atoms with Crippen LogP contribution in [-0.4, -0.2) is 44.2 Å². The Bertz CT molecular complexity index is 796. The number of rotatable bonds is 10. The topological polar surface area (TPSA) is 72.1 Å². The van der Waals surface area contributed by atoms with Gasteiger partial charge >= 0.3 is 0 Å². The van der Waals surface area contributed by atoms with E-state index in [1.165, 1.54) is 11.1 Å². The van der Waals surface area contributed by atoms with Gasteiger partial charge in [0.1, 0.15) is 6.61 Å². The van der Waals surface area contributed by atoms with E-state index in [-0.39, 0.29) is 0 Å². The van der Waals surface area contributed by atoms with Crippen molar-refractivity contribution in [2.75, 3.05) is 38.7 Å². The number of likely N-dealkylation sites (N-methyl/N-ethyl adjacent to an activating group) is 1. The number of guanidine groups is 1. The van der Waals surface area contributed by atoms with E-state index in [2.05, 4.69) is 49.0 Å². The first-order chi connectivity index (χ1) is 13.9. The molecule has 0 saturated carbocycles. The molecule has 29 heavy (non-hydrogen) atoms. The van der Waals surface area contributed by atoms with Crippen LogP contribution in [0.15, 0.2) is 41.4 Å². The number of anilines is 1. The number of aryl methyl sites for hydroxylation is 2. The van der Waals surface area contributed by atoms with Crippen molar-refractivity contribution in [3.8, 4) is 11.5 Å². The first-order valence-corrected chi connectivity index (χ1v) is 10.1. The van der Waals surface area contributed by atoms with E-state index in [1.54, 1.807) is 7.11 Å². The van der Waals surface area contributed by atoms with E-state index in [0.29, 0.717) is 24.9 Å². The number of hydrogen-bond donors (Lipinski definition) is 2. The summed E-state index contributed by atoms with van der Waals surface area (Å²) >= 11 is 0. The minimum absolute atomic E-state index is 0.383. The molecule has 0 fully saturated rings. The summed E-state index contributed by atoms with van der Waals surface area (Å²) in [6.07, 6.45) is 0. The van der Waals surface area contributed by atoms with Gasteiger partial charge in [-0.25, -0.2) is 4.99 Å². The van der Waals surface area contributed by atoms with Gasteiger partial charge in [0, 0.05) is 12.2 Å². The van der Waals surface area contributed by atoms with Gasteiger partial charge in [0.15, 0.2) is 17.5 Å². The molecule has 0 aromatic heterocycles. The second-order valence-electron chi connectivity index (χ2n) is 7.06. The highest BCUT2D eigenvalue weighted by Gasteiger charge is 2.07. The van der Waals surface area contributed by atoms with Crippen LogP contribution in [0.5, 0.6) is 11.5 Å². The van der Waals surface area contributed by atoms with E-state index in [4.69, 9.17) is 15.2 Å². The largest absolute Gasteiger partial charge is 0.493 e. The van der Waals surface area contributed by atoms with Gasteiger partial charge in [-0.2, -0.15) is 0 Å². The van der Waals surface area contributed by atoms with Crippen molar-refractivity contribution < 1.29 is 9.47 Å². The predicted molar refractivity (Wildman–Crippen MR) is 121 cm³/mol. The third-order valence-electron chi connectivity index (χ3n) is 4.71. The Morgan fingerprint density at radius 3 is 2.34 bits per heavy atom. The molecule has 158 valence electrons. The lowest BCUT2D eigenvalue weighted by atomic mass is 10.1. The zero-order chi connectivity index (χ0) is 21.2. The van der Waals surface area contributed by atoms with Crippen molar-refractivity contribution in [3.05, 3.63) is 53.1 Å². The summed E-state index contributed by atoms with van der Waals surface area (Å²) in [4.78, 5) is 6.76. The molecule has 0 bridgehead atoms. The molecule has 0 radical (unpaired) electrons. The molecule has 0 atom stereocenters. The Labute approximate surface area is 174 Å². The van der Waals surface area contributed by atoms with E-state index >= 15 is 0 Å². The Balaban J connectivity index is 1.97. The van der Waals surface area contributed by atoms with Crippen molar-refractivity contribution in [1.82, 2.24) is 4.90 Å². The highest BCUT2D eigenvalue weighted by atomic mass is 16.5. The maximum atomic E-state index is 6.05. The monoisotopic (exact) mass is 398 g/mol. The highest BCUT2D eigenvalue weighted by Crippen LogP contribution is 2.28. The van der Waals surface area contributed by atoms with Crippen LogP contribution in [0.3, 0.4) is 0 Å². The highest BCUT2D eigenvalue weighted by molar-refractivity contribution is 5.92. The van der Waals surface area contributed by atoms with Crippen LogP contribution in [0.4, 0.5) is 5.69 Å². The smallest absolute Gasteiger partial charge is 0.193 e. The number of nitrogens with two attached hydrogens (primary N) is 1. The Morgan fingerprint density at radius 1 is 1.03 bits per heavy atom. The molecule has 2 aromatic rings. The van der Waals surface area contributed by atoms with Gasteiger partial charge < -0.3 is 25.4 Å². The fraction of sp³-hybridized carbons (Fsp3) is 0.435. The molecule has 3 N–H and O–H groups in total. The molecule has 0 unspecified atom stereocenters. The van der Waals surface area contributed by atoms with Crippen LogP contribution in [0.25, 0.3) is 0 Å².